The van der Waals surface area contributed by atoms with Crippen LogP contribution >= 0.6 is 0 Å². The van der Waals surface area contributed by atoms with Crippen LogP contribution in [0.5, 0.6) is 0 Å². The molecule has 1 unspecified atom stereocenters. The maximum atomic E-state index is 13.1. The minimum Gasteiger partial charge on any atom is -0.353 e. The SMILES string of the molecule is CCCN(CCC)C(=O)c1cccc(C(=O)NC[C@H](CC(C)C(=O)NC2CCCCC2)c2ccccc2)c1. The Morgan fingerprint density at radius 1 is 0.895 bits per heavy atom. The molecule has 6 heteroatoms. The summed E-state index contributed by atoms with van der Waals surface area (Å²) in [4.78, 5) is 41.0. The molecule has 0 spiro atoms. The molecule has 0 aliphatic heterocycles. The average Bonchev–Trinajstić information content (AvgIpc) is 2.95. The Hall–Kier alpha value is -3.15. The third-order valence-corrected chi connectivity index (χ3v) is 7.46. The van der Waals surface area contributed by atoms with E-state index in [0.29, 0.717) is 37.2 Å². The summed E-state index contributed by atoms with van der Waals surface area (Å²) in [6.07, 6.45) is 8.17. The van der Waals surface area contributed by atoms with E-state index in [2.05, 4.69) is 36.6 Å². The molecule has 1 fully saturated rings. The summed E-state index contributed by atoms with van der Waals surface area (Å²) in [5.74, 6) is -0.315. The van der Waals surface area contributed by atoms with Crippen LogP contribution in [0.15, 0.2) is 54.6 Å². The molecular weight excluding hydrogens is 474 g/mol. The molecule has 1 saturated carbocycles. The monoisotopic (exact) mass is 519 g/mol. The van der Waals surface area contributed by atoms with Crippen molar-refractivity contribution in [2.24, 2.45) is 5.92 Å². The van der Waals surface area contributed by atoms with Crippen LogP contribution in [0.1, 0.15) is 104 Å². The average molecular weight is 520 g/mol. The highest BCUT2D eigenvalue weighted by atomic mass is 16.2. The lowest BCUT2D eigenvalue weighted by atomic mass is 9.88. The van der Waals surface area contributed by atoms with Crippen LogP contribution in [-0.4, -0.2) is 48.3 Å². The summed E-state index contributed by atoms with van der Waals surface area (Å²) in [6, 6.07) is 17.3. The summed E-state index contributed by atoms with van der Waals surface area (Å²) in [5.41, 5.74) is 2.11. The molecule has 0 aromatic heterocycles. The number of carbonyl (C=O) groups excluding carboxylic acids is 3. The third-order valence-electron chi connectivity index (χ3n) is 7.46. The number of rotatable bonds is 13. The molecule has 1 aliphatic carbocycles. The van der Waals surface area contributed by atoms with Crippen molar-refractivity contribution in [3.8, 4) is 0 Å². The smallest absolute Gasteiger partial charge is 0.253 e. The molecule has 3 rings (SSSR count). The minimum absolute atomic E-state index is 0.00155. The third kappa shape index (κ3) is 8.71. The lowest BCUT2D eigenvalue weighted by Gasteiger charge is -2.26. The molecular formula is C32H45N3O3. The first kappa shape index (κ1) is 29.4. The van der Waals surface area contributed by atoms with Gasteiger partial charge in [0.1, 0.15) is 0 Å². The minimum atomic E-state index is -0.211. The van der Waals surface area contributed by atoms with E-state index in [4.69, 9.17) is 0 Å². The molecule has 2 N–H and O–H groups in total. The second-order valence-electron chi connectivity index (χ2n) is 10.7. The van der Waals surface area contributed by atoms with Gasteiger partial charge in [0.05, 0.1) is 0 Å². The Bertz CT molecular complexity index is 1030. The van der Waals surface area contributed by atoms with Gasteiger partial charge >= 0.3 is 0 Å². The van der Waals surface area contributed by atoms with Gasteiger partial charge in [-0.3, -0.25) is 14.4 Å². The molecule has 2 aromatic rings. The van der Waals surface area contributed by atoms with E-state index in [-0.39, 0.29) is 35.6 Å². The van der Waals surface area contributed by atoms with Crippen LogP contribution in [0.25, 0.3) is 0 Å². The Labute approximate surface area is 228 Å². The molecule has 38 heavy (non-hydrogen) atoms. The molecule has 3 amide bonds. The van der Waals surface area contributed by atoms with Crippen LogP contribution in [0, 0.1) is 5.92 Å². The van der Waals surface area contributed by atoms with Crippen molar-refractivity contribution in [1.82, 2.24) is 15.5 Å². The van der Waals surface area contributed by atoms with Crippen molar-refractivity contribution >= 4 is 17.7 Å². The predicted molar refractivity (Wildman–Crippen MR) is 153 cm³/mol. The van der Waals surface area contributed by atoms with Crippen LogP contribution < -0.4 is 10.6 Å². The van der Waals surface area contributed by atoms with Crippen LogP contribution in [-0.2, 0) is 4.79 Å². The fourth-order valence-corrected chi connectivity index (χ4v) is 5.34. The number of nitrogens with one attached hydrogen (secondary N) is 2. The zero-order valence-electron chi connectivity index (χ0n) is 23.4. The highest BCUT2D eigenvalue weighted by Gasteiger charge is 2.24. The number of amides is 3. The number of hydrogen-bond acceptors (Lipinski definition) is 3. The molecule has 0 saturated heterocycles. The van der Waals surface area contributed by atoms with Crippen molar-refractivity contribution in [2.75, 3.05) is 19.6 Å². The number of hydrogen-bond donors (Lipinski definition) is 2. The van der Waals surface area contributed by atoms with Crippen molar-refractivity contribution in [2.45, 2.75) is 84.1 Å². The molecule has 2 aromatic carbocycles. The van der Waals surface area contributed by atoms with Gasteiger partial charge in [0.2, 0.25) is 5.91 Å². The summed E-state index contributed by atoms with van der Waals surface area (Å²) in [6.45, 7) is 7.92. The second-order valence-corrected chi connectivity index (χ2v) is 10.7. The van der Waals surface area contributed by atoms with Gasteiger partial charge in [0, 0.05) is 48.6 Å². The largest absolute Gasteiger partial charge is 0.353 e. The highest BCUT2D eigenvalue weighted by molar-refractivity contribution is 5.99. The first-order valence-electron chi connectivity index (χ1n) is 14.5. The summed E-state index contributed by atoms with van der Waals surface area (Å²) < 4.78 is 0. The Balaban J connectivity index is 1.65. The van der Waals surface area contributed by atoms with Gasteiger partial charge in [-0.1, -0.05) is 76.4 Å². The van der Waals surface area contributed by atoms with Gasteiger partial charge in [-0.05, 0) is 55.9 Å². The molecule has 2 atom stereocenters. The van der Waals surface area contributed by atoms with Crippen molar-refractivity contribution in [1.29, 1.82) is 0 Å². The second kappa shape index (κ2) is 15.3. The molecule has 0 heterocycles. The van der Waals surface area contributed by atoms with Gasteiger partial charge in [-0.2, -0.15) is 0 Å². The zero-order valence-corrected chi connectivity index (χ0v) is 23.4. The lowest BCUT2D eigenvalue weighted by molar-refractivity contribution is -0.125. The lowest BCUT2D eigenvalue weighted by Crippen LogP contribution is -2.40. The first-order chi connectivity index (χ1) is 18.4. The predicted octanol–water partition coefficient (Wildman–Crippen LogP) is 5.94. The Morgan fingerprint density at radius 2 is 1.55 bits per heavy atom. The summed E-state index contributed by atoms with van der Waals surface area (Å²) in [7, 11) is 0. The van der Waals surface area contributed by atoms with E-state index < -0.39 is 0 Å². The van der Waals surface area contributed by atoms with E-state index in [0.717, 1.165) is 31.2 Å². The van der Waals surface area contributed by atoms with E-state index in [1.807, 2.05) is 30.0 Å². The standard InChI is InChI=1S/C32H45N3O3/c1-4-19-35(20-5-2)32(38)27-16-12-15-26(22-27)31(37)33-23-28(25-13-8-6-9-14-25)21-24(3)30(36)34-29-17-10-7-11-18-29/h6,8-9,12-16,22,24,28-29H,4-5,7,10-11,17-21,23H2,1-3H3,(H,33,37)(H,34,36)/t24?,28-/m0/s1. The van der Waals surface area contributed by atoms with Crippen LogP contribution in [0.3, 0.4) is 0 Å². The van der Waals surface area contributed by atoms with E-state index in [9.17, 15) is 14.4 Å². The van der Waals surface area contributed by atoms with Gasteiger partial charge in [0.25, 0.3) is 11.8 Å². The fraction of sp³-hybridized carbons (Fsp3) is 0.531. The van der Waals surface area contributed by atoms with Crippen LogP contribution in [0.2, 0.25) is 0 Å². The van der Waals surface area contributed by atoms with Crippen molar-refractivity contribution < 1.29 is 14.4 Å². The maximum Gasteiger partial charge on any atom is 0.253 e. The van der Waals surface area contributed by atoms with Crippen molar-refractivity contribution in [3.63, 3.8) is 0 Å². The number of benzene rings is 2. The molecule has 6 nitrogen and oxygen atoms in total. The maximum absolute atomic E-state index is 13.1. The molecule has 1 aliphatic rings. The van der Waals surface area contributed by atoms with Gasteiger partial charge in [-0.25, -0.2) is 0 Å². The van der Waals surface area contributed by atoms with E-state index >= 15 is 0 Å². The van der Waals surface area contributed by atoms with E-state index in [1.165, 1.54) is 19.3 Å². The summed E-state index contributed by atoms with van der Waals surface area (Å²) >= 11 is 0. The molecule has 0 radical (unpaired) electrons. The Morgan fingerprint density at radius 3 is 2.21 bits per heavy atom. The van der Waals surface area contributed by atoms with Gasteiger partial charge < -0.3 is 15.5 Å². The number of nitrogens with zero attached hydrogens (tertiary/aromatic N) is 1. The summed E-state index contributed by atoms with van der Waals surface area (Å²) in [5, 5.41) is 6.32. The molecule has 0 bridgehead atoms. The van der Waals surface area contributed by atoms with Crippen LogP contribution in [0.4, 0.5) is 0 Å². The van der Waals surface area contributed by atoms with Gasteiger partial charge in [0.15, 0.2) is 0 Å². The van der Waals surface area contributed by atoms with Gasteiger partial charge in [-0.15, -0.1) is 0 Å². The Kier molecular flexibility index (Phi) is 11.8. The molecule has 206 valence electrons. The fourth-order valence-electron chi connectivity index (χ4n) is 5.34. The van der Waals surface area contributed by atoms with Crippen molar-refractivity contribution in [3.05, 3.63) is 71.3 Å². The zero-order chi connectivity index (χ0) is 27.3. The topological polar surface area (TPSA) is 78.5 Å². The normalized spacial score (nSPS) is 15.3. The first-order valence-corrected chi connectivity index (χ1v) is 14.5. The van der Waals surface area contributed by atoms with E-state index in [1.54, 1.807) is 24.3 Å². The number of carbonyl (C=O) groups is 3. The highest BCUT2D eigenvalue weighted by Crippen LogP contribution is 2.25. The quantitative estimate of drug-likeness (QED) is 0.344.